The Kier molecular flexibility index (Phi) is 26.9. The van der Waals surface area contributed by atoms with E-state index in [-0.39, 0.29) is 0 Å². The van der Waals surface area contributed by atoms with Crippen LogP contribution < -0.4 is 5.32 Å². The van der Waals surface area contributed by atoms with Crippen molar-refractivity contribution in [3.63, 3.8) is 0 Å². The summed E-state index contributed by atoms with van der Waals surface area (Å²) in [5.74, 6) is 0. The van der Waals surface area contributed by atoms with Gasteiger partial charge in [0.2, 0.25) is 0 Å². The highest BCUT2D eigenvalue weighted by Gasteiger charge is 1.95. The summed E-state index contributed by atoms with van der Waals surface area (Å²) in [5.41, 5.74) is 0. The van der Waals surface area contributed by atoms with Crippen molar-refractivity contribution >= 4 is 0 Å². The fourth-order valence-corrected chi connectivity index (χ4v) is 4.16. The Morgan fingerprint density at radius 1 is 0.286 bits per heavy atom. The quantitative estimate of drug-likeness (QED) is 0.152. The van der Waals surface area contributed by atoms with Gasteiger partial charge in [-0.2, -0.15) is 0 Å². The third kappa shape index (κ3) is 26.0. The minimum absolute atomic E-state index is 1.19. The number of hydrogen-bond acceptors (Lipinski definition) is 1. The van der Waals surface area contributed by atoms with Crippen LogP contribution in [0.3, 0.4) is 0 Å². The van der Waals surface area contributed by atoms with Crippen molar-refractivity contribution in [3.8, 4) is 0 Å². The summed E-state index contributed by atoms with van der Waals surface area (Å²) in [6, 6.07) is 0. The molecule has 0 aliphatic rings. The van der Waals surface area contributed by atoms with Crippen molar-refractivity contribution in [3.05, 3.63) is 0 Å². The number of unbranched alkanes of at least 4 members (excludes halogenated alkanes) is 21. The van der Waals surface area contributed by atoms with Gasteiger partial charge in [0.05, 0.1) is 0 Å². The Bertz CT molecular complexity index is 225. The average Bonchev–Trinajstić information content (AvgIpc) is 2.71. The van der Waals surface area contributed by atoms with Crippen LogP contribution in [0.1, 0.15) is 162 Å². The Balaban J connectivity index is 2.96. The summed E-state index contributed by atoms with van der Waals surface area (Å²) < 4.78 is 0. The van der Waals surface area contributed by atoms with Crippen molar-refractivity contribution in [1.29, 1.82) is 0 Å². The Morgan fingerprint density at radius 3 is 0.857 bits per heavy atom. The molecule has 0 fully saturated rings. The molecule has 0 aliphatic heterocycles. The molecule has 0 unspecified atom stereocenters. The van der Waals surface area contributed by atoms with Crippen molar-refractivity contribution < 1.29 is 0 Å². The molecule has 0 aliphatic carbocycles. The predicted molar refractivity (Wildman–Crippen MR) is 130 cm³/mol. The predicted octanol–water partition coefficient (Wildman–Crippen LogP) is 9.59. The van der Waals surface area contributed by atoms with Gasteiger partial charge in [-0.15, -0.1) is 0 Å². The zero-order chi connectivity index (χ0) is 20.4. The maximum Gasteiger partial charge on any atom is -0.00489 e. The molecule has 0 saturated carbocycles. The molecule has 0 spiro atoms. The molecule has 170 valence electrons. The first-order valence-electron chi connectivity index (χ1n) is 13.6. The Hall–Kier alpha value is -0.0400. The van der Waals surface area contributed by atoms with Gasteiger partial charge in [-0.3, -0.25) is 0 Å². The van der Waals surface area contributed by atoms with Crippen molar-refractivity contribution in [2.75, 3.05) is 13.1 Å². The largest absolute Gasteiger partial charge is 0.317 e. The van der Waals surface area contributed by atoms with Gasteiger partial charge in [-0.1, -0.05) is 149 Å². The van der Waals surface area contributed by atoms with E-state index in [2.05, 4.69) is 19.2 Å². The molecule has 0 radical (unpaired) electrons. The summed E-state index contributed by atoms with van der Waals surface area (Å²) in [5, 5.41) is 3.50. The van der Waals surface area contributed by atoms with E-state index in [4.69, 9.17) is 0 Å². The molecule has 1 heteroatoms. The van der Waals surface area contributed by atoms with E-state index in [1.807, 2.05) is 0 Å². The molecule has 28 heavy (non-hydrogen) atoms. The summed E-state index contributed by atoms with van der Waals surface area (Å²) in [4.78, 5) is 0. The number of rotatable bonds is 25. The highest BCUT2D eigenvalue weighted by Crippen LogP contribution is 2.15. The van der Waals surface area contributed by atoms with E-state index in [1.165, 1.54) is 161 Å². The van der Waals surface area contributed by atoms with E-state index in [9.17, 15) is 0 Å². The van der Waals surface area contributed by atoms with Gasteiger partial charge in [0.25, 0.3) is 0 Å². The normalized spacial score (nSPS) is 11.4. The van der Waals surface area contributed by atoms with Gasteiger partial charge in [-0.05, 0) is 25.9 Å². The molecule has 0 atom stereocenters. The average molecular weight is 396 g/mol. The van der Waals surface area contributed by atoms with Crippen LogP contribution in [0, 0.1) is 0 Å². The molecule has 1 nitrogen and oxygen atoms in total. The lowest BCUT2D eigenvalue weighted by Crippen LogP contribution is -2.15. The summed E-state index contributed by atoms with van der Waals surface area (Å²) in [7, 11) is 0. The zero-order valence-electron chi connectivity index (χ0n) is 20.2. The molecule has 1 N–H and O–H groups in total. The van der Waals surface area contributed by atoms with Crippen molar-refractivity contribution in [2.45, 2.75) is 162 Å². The van der Waals surface area contributed by atoms with Gasteiger partial charge in [0.15, 0.2) is 0 Å². The third-order valence-corrected chi connectivity index (χ3v) is 6.13. The fourth-order valence-electron chi connectivity index (χ4n) is 4.16. The first kappa shape index (κ1) is 28.0. The molecule has 0 aromatic rings. The van der Waals surface area contributed by atoms with Crippen LogP contribution in [-0.2, 0) is 0 Å². The van der Waals surface area contributed by atoms with E-state index >= 15 is 0 Å². The van der Waals surface area contributed by atoms with Crippen molar-refractivity contribution in [2.24, 2.45) is 0 Å². The molecule has 0 bridgehead atoms. The van der Waals surface area contributed by atoms with Crippen LogP contribution in [0.25, 0.3) is 0 Å². The SMILES string of the molecule is CCCCCCCCCCCCCCCCCCCCCCCCNCCC. The van der Waals surface area contributed by atoms with E-state index < -0.39 is 0 Å². The minimum atomic E-state index is 1.19. The maximum atomic E-state index is 3.50. The fraction of sp³-hybridized carbons (Fsp3) is 1.00. The van der Waals surface area contributed by atoms with E-state index in [1.54, 1.807) is 0 Å². The van der Waals surface area contributed by atoms with E-state index in [0.717, 1.165) is 0 Å². The standard InChI is InChI=1S/C27H57N/c1-3-5-6-7-8-9-10-11-12-13-14-15-16-17-18-19-20-21-22-23-24-25-27-28-26-4-2/h28H,3-27H2,1-2H3. The summed E-state index contributed by atoms with van der Waals surface area (Å²) in [6.45, 7) is 6.97. The monoisotopic (exact) mass is 395 g/mol. The lowest BCUT2D eigenvalue weighted by Gasteiger charge is -2.04. The summed E-state index contributed by atoms with van der Waals surface area (Å²) in [6.07, 6.45) is 33.5. The molecule has 0 saturated heterocycles. The molecule has 0 amide bonds. The minimum Gasteiger partial charge on any atom is -0.317 e. The zero-order valence-corrected chi connectivity index (χ0v) is 20.2. The highest BCUT2D eigenvalue weighted by atomic mass is 14.8. The van der Waals surface area contributed by atoms with Crippen LogP contribution in [-0.4, -0.2) is 13.1 Å². The molecule has 0 rings (SSSR count). The van der Waals surface area contributed by atoms with Gasteiger partial charge < -0.3 is 5.32 Å². The molecule has 0 aromatic carbocycles. The first-order chi connectivity index (χ1) is 13.9. The van der Waals surface area contributed by atoms with Crippen LogP contribution in [0.15, 0.2) is 0 Å². The van der Waals surface area contributed by atoms with Crippen LogP contribution in [0.2, 0.25) is 0 Å². The first-order valence-corrected chi connectivity index (χ1v) is 13.6. The smallest absolute Gasteiger partial charge is 0.00489 e. The maximum absolute atomic E-state index is 3.50. The second kappa shape index (κ2) is 27.0. The molecular formula is C27H57N. The topological polar surface area (TPSA) is 12.0 Å². The van der Waals surface area contributed by atoms with Gasteiger partial charge >= 0.3 is 0 Å². The molecule has 0 heterocycles. The van der Waals surface area contributed by atoms with Gasteiger partial charge in [0.1, 0.15) is 0 Å². The molecular weight excluding hydrogens is 338 g/mol. The van der Waals surface area contributed by atoms with E-state index in [0.29, 0.717) is 0 Å². The van der Waals surface area contributed by atoms with Crippen LogP contribution in [0.5, 0.6) is 0 Å². The van der Waals surface area contributed by atoms with Crippen LogP contribution >= 0.6 is 0 Å². The van der Waals surface area contributed by atoms with Gasteiger partial charge in [0, 0.05) is 0 Å². The van der Waals surface area contributed by atoms with Gasteiger partial charge in [-0.25, -0.2) is 0 Å². The van der Waals surface area contributed by atoms with Crippen LogP contribution in [0.4, 0.5) is 0 Å². The highest BCUT2D eigenvalue weighted by molar-refractivity contribution is 4.52. The number of nitrogens with one attached hydrogen (secondary N) is 1. The summed E-state index contributed by atoms with van der Waals surface area (Å²) >= 11 is 0. The third-order valence-electron chi connectivity index (χ3n) is 6.13. The lowest BCUT2D eigenvalue weighted by atomic mass is 10.0. The Morgan fingerprint density at radius 2 is 0.571 bits per heavy atom. The van der Waals surface area contributed by atoms with Crippen molar-refractivity contribution in [1.82, 2.24) is 5.32 Å². The Labute approximate surface area is 180 Å². The second-order valence-corrected chi connectivity index (χ2v) is 9.17. The number of hydrogen-bond donors (Lipinski definition) is 1. The lowest BCUT2D eigenvalue weighted by molar-refractivity contribution is 0.517. The molecule has 0 aromatic heterocycles. The second-order valence-electron chi connectivity index (χ2n) is 9.17.